The molecule has 2 heteroatoms. The smallest absolute Gasteiger partial charge is 0.0555 e. The maximum absolute atomic E-state index is 2.46. The van der Waals surface area contributed by atoms with Gasteiger partial charge in [0.1, 0.15) is 0 Å². The van der Waals surface area contributed by atoms with Gasteiger partial charge in [0, 0.05) is 31.5 Å². The molecule has 0 atom stereocenters. The van der Waals surface area contributed by atoms with Gasteiger partial charge in [-0.3, -0.25) is 0 Å². The minimum absolute atomic E-state index is 1.12. The Hall–Kier alpha value is -6.48. The van der Waals surface area contributed by atoms with Crippen molar-refractivity contribution in [2.24, 2.45) is 0 Å². The van der Waals surface area contributed by atoms with Gasteiger partial charge < -0.3 is 4.90 Å². The van der Waals surface area contributed by atoms with E-state index in [1.807, 2.05) is 11.3 Å². The van der Waals surface area contributed by atoms with E-state index < -0.39 is 0 Å². The number of rotatable bonds is 6. The quantitative estimate of drug-likeness (QED) is 0.158. The third-order valence-electron chi connectivity index (χ3n) is 10.3. The van der Waals surface area contributed by atoms with Crippen LogP contribution in [0.4, 0.5) is 17.1 Å². The number of thiophene rings is 1. The number of nitrogens with zero attached hydrogens (tertiary/aromatic N) is 1. The molecule has 0 amide bonds. The predicted molar refractivity (Wildman–Crippen MR) is 225 cm³/mol. The van der Waals surface area contributed by atoms with Crippen molar-refractivity contribution in [1.82, 2.24) is 0 Å². The summed E-state index contributed by atoms with van der Waals surface area (Å²) in [7, 11) is 0. The normalized spacial score (nSPS) is 11.5. The Labute approximate surface area is 307 Å². The fourth-order valence-electron chi connectivity index (χ4n) is 7.79. The number of hydrogen-bond donors (Lipinski definition) is 0. The average molecular weight is 680 g/mol. The number of anilines is 3. The summed E-state index contributed by atoms with van der Waals surface area (Å²) in [6, 6.07) is 72.9. The van der Waals surface area contributed by atoms with Crippen molar-refractivity contribution in [2.75, 3.05) is 4.90 Å². The topological polar surface area (TPSA) is 3.24 Å². The Morgan fingerprint density at radius 1 is 0.346 bits per heavy atom. The summed E-state index contributed by atoms with van der Waals surface area (Å²) in [5, 5.41) is 7.55. The van der Waals surface area contributed by atoms with Crippen LogP contribution in [-0.2, 0) is 0 Å². The van der Waals surface area contributed by atoms with Gasteiger partial charge >= 0.3 is 0 Å². The molecule has 0 aliphatic carbocycles. The highest BCUT2D eigenvalue weighted by Gasteiger charge is 2.22. The zero-order chi connectivity index (χ0) is 34.4. The summed E-state index contributed by atoms with van der Waals surface area (Å²) >= 11 is 1.88. The van der Waals surface area contributed by atoms with Crippen molar-refractivity contribution in [2.45, 2.75) is 0 Å². The molecule has 0 bridgehead atoms. The molecule has 0 N–H and O–H groups in total. The molecule has 1 nitrogen and oxygen atoms in total. The van der Waals surface area contributed by atoms with Crippen LogP contribution in [0.1, 0.15) is 0 Å². The second-order valence-corrected chi connectivity index (χ2v) is 14.3. The molecule has 244 valence electrons. The van der Waals surface area contributed by atoms with E-state index in [0.717, 1.165) is 11.4 Å². The predicted octanol–water partition coefficient (Wildman–Crippen LogP) is 14.8. The Balaban J connectivity index is 1.21. The zero-order valence-corrected chi connectivity index (χ0v) is 29.2. The van der Waals surface area contributed by atoms with Crippen molar-refractivity contribution in [3.63, 3.8) is 0 Å². The van der Waals surface area contributed by atoms with Gasteiger partial charge in [0.25, 0.3) is 0 Å². The molecule has 0 aliphatic heterocycles. The third kappa shape index (κ3) is 5.16. The van der Waals surface area contributed by atoms with E-state index in [4.69, 9.17) is 0 Å². The lowest BCUT2D eigenvalue weighted by atomic mass is 9.94. The van der Waals surface area contributed by atoms with Gasteiger partial charge in [-0.1, -0.05) is 164 Å². The second-order valence-electron chi connectivity index (χ2n) is 13.3. The molecular formula is C50H33NS. The second kappa shape index (κ2) is 12.7. The molecule has 0 fully saturated rings. The van der Waals surface area contributed by atoms with Gasteiger partial charge in [0.2, 0.25) is 0 Å². The van der Waals surface area contributed by atoms with Crippen LogP contribution in [0.15, 0.2) is 200 Å². The first-order valence-electron chi connectivity index (χ1n) is 17.8. The van der Waals surface area contributed by atoms with Crippen LogP contribution in [0.2, 0.25) is 0 Å². The molecule has 1 aromatic heterocycles. The molecule has 52 heavy (non-hydrogen) atoms. The molecule has 0 unspecified atom stereocenters. The van der Waals surface area contributed by atoms with E-state index >= 15 is 0 Å². The number of benzene rings is 9. The maximum atomic E-state index is 2.46. The van der Waals surface area contributed by atoms with Gasteiger partial charge in [0.05, 0.1) is 5.69 Å². The van der Waals surface area contributed by atoms with Crippen LogP contribution in [0, 0.1) is 0 Å². The summed E-state index contributed by atoms with van der Waals surface area (Å²) < 4.78 is 2.59. The SMILES string of the molecule is c1ccc(-c2ccccc2-c2ccc(N(c3ccc4ccc5ccccc5c4c3)c3ccc(-c4ccccc4)c4sc5ccccc5c34)cc2)cc1. The first-order valence-corrected chi connectivity index (χ1v) is 18.6. The molecule has 0 aliphatic rings. The number of hydrogen-bond acceptors (Lipinski definition) is 2. The Morgan fingerprint density at radius 2 is 0.885 bits per heavy atom. The van der Waals surface area contributed by atoms with Crippen LogP contribution in [-0.4, -0.2) is 0 Å². The van der Waals surface area contributed by atoms with E-state index in [2.05, 4.69) is 205 Å². The van der Waals surface area contributed by atoms with E-state index in [0.29, 0.717) is 0 Å². The monoisotopic (exact) mass is 679 g/mol. The van der Waals surface area contributed by atoms with Gasteiger partial charge in [-0.05, 0) is 91.3 Å². The standard InChI is InChI=1S/C50H33NS/c1-3-13-34(14-4-1)41-18-9-10-19-42(41)37-25-28-39(29-26-37)51(40-30-27-38-24-23-36-17-7-8-20-43(36)46(38)33-40)47-32-31-44(35-15-5-2-6-16-35)50-49(47)45-21-11-12-22-48(45)52-50/h1-33H. The van der Waals surface area contributed by atoms with E-state index in [-0.39, 0.29) is 0 Å². The Morgan fingerprint density at radius 3 is 1.62 bits per heavy atom. The molecule has 0 radical (unpaired) electrons. The lowest BCUT2D eigenvalue weighted by molar-refractivity contribution is 1.31. The lowest BCUT2D eigenvalue weighted by Crippen LogP contribution is -2.10. The molecule has 0 saturated carbocycles. The van der Waals surface area contributed by atoms with Crippen LogP contribution in [0.3, 0.4) is 0 Å². The summed E-state index contributed by atoms with van der Waals surface area (Å²) in [6.45, 7) is 0. The Bertz CT molecular complexity index is 2890. The molecular weight excluding hydrogens is 647 g/mol. The minimum atomic E-state index is 1.12. The van der Waals surface area contributed by atoms with Gasteiger partial charge in [-0.2, -0.15) is 0 Å². The first-order chi connectivity index (χ1) is 25.8. The molecule has 10 aromatic rings. The largest absolute Gasteiger partial charge is 0.310 e. The van der Waals surface area contributed by atoms with Crippen molar-refractivity contribution in [3.05, 3.63) is 200 Å². The van der Waals surface area contributed by atoms with Gasteiger partial charge in [-0.25, -0.2) is 0 Å². The van der Waals surface area contributed by atoms with E-state index in [1.165, 1.54) is 80.8 Å². The molecule has 10 rings (SSSR count). The van der Waals surface area contributed by atoms with Crippen LogP contribution in [0.5, 0.6) is 0 Å². The van der Waals surface area contributed by atoms with Crippen LogP contribution in [0.25, 0.3) is 75.1 Å². The van der Waals surface area contributed by atoms with Crippen LogP contribution >= 0.6 is 11.3 Å². The summed E-state index contributed by atoms with van der Waals surface area (Å²) in [6.07, 6.45) is 0. The minimum Gasteiger partial charge on any atom is -0.310 e. The highest BCUT2D eigenvalue weighted by Crippen LogP contribution is 2.49. The van der Waals surface area contributed by atoms with Crippen molar-refractivity contribution >= 4 is 70.1 Å². The number of fused-ring (bicyclic) bond motifs is 6. The molecule has 0 spiro atoms. The highest BCUT2D eigenvalue weighted by molar-refractivity contribution is 7.26. The summed E-state index contributed by atoms with van der Waals surface area (Å²) in [4.78, 5) is 2.46. The fraction of sp³-hybridized carbons (Fsp3) is 0. The van der Waals surface area contributed by atoms with Crippen molar-refractivity contribution in [3.8, 4) is 33.4 Å². The summed E-state index contributed by atoms with van der Waals surface area (Å²) in [5.74, 6) is 0. The van der Waals surface area contributed by atoms with Gasteiger partial charge in [0.15, 0.2) is 0 Å². The van der Waals surface area contributed by atoms with E-state index in [1.54, 1.807) is 0 Å². The maximum Gasteiger partial charge on any atom is 0.0555 e. The molecule has 1 heterocycles. The fourth-order valence-corrected chi connectivity index (χ4v) is 9.05. The van der Waals surface area contributed by atoms with Crippen LogP contribution < -0.4 is 4.90 Å². The average Bonchev–Trinajstić information content (AvgIpc) is 3.62. The van der Waals surface area contributed by atoms with E-state index in [9.17, 15) is 0 Å². The van der Waals surface area contributed by atoms with Gasteiger partial charge in [-0.15, -0.1) is 11.3 Å². The van der Waals surface area contributed by atoms with Crippen molar-refractivity contribution < 1.29 is 0 Å². The first kappa shape index (κ1) is 30.4. The zero-order valence-electron chi connectivity index (χ0n) is 28.4. The molecule has 0 saturated heterocycles. The molecule has 9 aromatic carbocycles. The Kier molecular flexibility index (Phi) is 7.41. The lowest BCUT2D eigenvalue weighted by Gasteiger charge is -2.28. The van der Waals surface area contributed by atoms with Crippen molar-refractivity contribution in [1.29, 1.82) is 0 Å². The highest BCUT2D eigenvalue weighted by atomic mass is 32.1. The third-order valence-corrected chi connectivity index (χ3v) is 11.5. The summed E-state index contributed by atoms with van der Waals surface area (Å²) in [5.41, 5.74) is 10.8.